The fourth-order valence-corrected chi connectivity index (χ4v) is 6.64. The molecule has 7 nitrogen and oxygen atoms in total. The van der Waals surface area contributed by atoms with E-state index in [9.17, 15) is 9.59 Å². The van der Waals surface area contributed by atoms with E-state index in [2.05, 4.69) is 47.5 Å². The van der Waals surface area contributed by atoms with Crippen LogP contribution in [-0.2, 0) is 11.2 Å². The lowest BCUT2D eigenvalue weighted by Gasteiger charge is -2.43. The van der Waals surface area contributed by atoms with Crippen molar-refractivity contribution in [1.29, 1.82) is 0 Å². The molecule has 2 amide bonds. The summed E-state index contributed by atoms with van der Waals surface area (Å²) in [4.78, 5) is 34.4. The Kier molecular flexibility index (Phi) is 6.38. The van der Waals surface area contributed by atoms with Crippen molar-refractivity contribution in [1.82, 2.24) is 14.7 Å². The van der Waals surface area contributed by atoms with Crippen molar-refractivity contribution in [3.8, 4) is 11.5 Å². The van der Waals surface area contributed by atoms with E-state index in [1.54, 1.807) is 18.2 Å². The van der Waals surface area contributed by atoms with Crippen molar-refractivity contribution in [3.63, 3.8) is 0 Å². The number of hydrogen-bond donors (Lipinski definition) is 0. The monoisotopic (exact) mass is 517 g/mol. The third kappa shape index (κ3) is 4.38. The normalized spacial score (nSPS) is 20.0. The van der Waals surface area contributed by atoms with Crippen molar-refractivity contribution in [2.24, 2.45) is 0 Å². The summed E-state index contributed by atoms with van der Waals surface area (Å²) in [6.45, 7) is 7.32. The van der Waals surface area contributed by atoms with Gasteiger partial charge in [0.15, 0.2) is 11.5 Å². The van der Waals surface area contributed by atoms with Crippen LogP contribution in [0.3, 0.4) is 0 Å². The Morgan fingerprint density at radius 3 is 2.49 bits per heavy atom. The molecule has 0 radical (unpaired) electrons. The number of thiophene rings is 1. The minimum absolute atomic E-state index is 0.0425. The molecule has 2 aromatic carbocycles. The van der Waals surface area contributed by atoms with E-state index in [0.29, 0.717) is 43.2 Å². The largest absolute Gasteiger partial charge is 0.454 e. The standard InChI is InChI=1S/C29H31N3O4S/c1-19-5-3-4-6-22(19)27-23-10-16-37-26(23)9-11-32(27)20(2)28(33)30-12-14-31(15-13-30)29(34)21-7-8-24-25(17-21)36-18-35-24/h3-8,10,16-17,20,27H,9,11-15,18H2,1-2H3/t20-,27-/m1/s1. The number of carbonyl (C=O) groups excluding carboxylic acids is 2. The van der Waals surface area contributed by atoms with Crippen molar-refractivity contribution in [2.75, 3.05) is 39.5 Å². The predicted molar refractivity (Wildman–Crippen MR) is 142 cm³/mol. The van der Waals surface area contributed by atoms with Gasteiger partial charge in [0.2, 0.25) is 12.7 Å². The van der Waals surface area contributed by atoms with E-state index in [4.69, 9.17) is 9.47 Å². The van der Waals surface area contributed by atoms with Crippen LogP contribution in [0.15, 0.2) is 53.9 Å². The number of aryl methyl sites for hydroxylation is 1. The molecule has 0 N–H and O–H groups in total. The van der Waals surface area contributed by atoms with Gasteiger partial charge in [-0.3, -0.25) is 14.5 Å². The molecule has 0 saturated carbocycles. The number of nitrogens with zero attached hydrogens (tertiary/aromatic N) is 3. The summed E-state index contributed by atoms with van der Waals surface area (Å²) in [5, 5.41) is 2.17. The lowest BCUT2D eigenvalue weighted by Crippen LogP contribution is -2.56. The van der Waals surface area contributed by atoms with E-state index >= 15 is 0 Å². The Balaban J connectivity index is 1.15. The Morgan fingerprint density at radius 2 is 1.68 bits per heavy atom. The topological polar surface area (TPSA) is 62.3 Å². The minimum atomic E-state index is -0.256. The molecular weight excluding hydrogens is 486 g/mol. The zero-order chi connectivity index (χ0) is 25.5. The third-order valence-electron chi connectivity index (χ3n) is 7.84. The molecule has 2 atom stereocenters. The van der Waals surface area contributed by atoms with Crippen LogP contribution in [0, 0.1) is 6.92 Å². The maximum atomic E-state index is 13.7. The molecular formula is C29H31N3O4S. The molecule has 192 valence electrons. The second kappa shape index (κ2) is 9.84. The fourth-order valence-electron chi connectivity index (χ4n) is 5.74. The van der Waals surface area contributed by atoms with Gasteiger partial charge in [-0.15, -0.1) is 11.3 Å². The highest BCUT2D eigenvalue weighted by Gasteiger charge is 2.38. The molecule has 8 heteroatoms. The number of carbonyl (C=O) groups is 2. The van der Waals surface area contributed by atoms with Gasteiger partial charge in [0.1, 0.15) is 0 Å². The molecule has 37 heavy (non-hydrogen) atoms. The summed E-state index contributed by atoms with van der Waals surface area (Å²) in [7, 11) is 0. The second-order valence-electron chi connectivity index (χ2n) is 9.91. The van der Waals surface area contributed by atoms with E-state index in [0.717, 1.165) is 13.0 Å². The highest BCUT2D eigenvalue weighted by Crippen LogP contribution is 2.40. The molecule has 1 saturated heterocycles. The molecule has 3 aliphatic rings. The first-order valence-corrected chi connectivity index (χ1v) is 13.7. The van der Waals surface area contributed by atoms with Crippen LogP contribution in [0.1, 0.15) is 44.9 Å². The molecule has 3 aromatic rings. The first-order chi connectivity index (χ1) is 18.0. The lowest BCUT2D eigenvalue weighted by molar-refractivity contribution is -0.138. The molecule has 0 bridgehead atoms. The van der Waals surface area contributed by atoms with E-state index in [1.807, 2.05) is 28.1 Å². The number of rotatable bonds is 4. The zero-order valence-electron chi connectivity index (χ0n) is 21.2. The maximum Gasteiger partial charge on any atom is 0.254 e. The smallest absolute Gasteiger partial charge is 0.254 e. The zero-order valence-corrected chi connectivity index (χ0v) is 22.0. The lowest BCUT2D eigenvalue weighted by atomic mass is 9.89. The van der Waals surface area contributed by atoms with Crippen LogP contribution in [0.4, 0.5) is 0 Å². The summed E-state index contributed by atoms with van der Waals surface area (Å²) in [6, 6.07) is 15.8. The summed E-state index contributed by atoms with van der Waals surface area (Å²) in [5.74, 6) is 1.36. The summed E-state index contributed by atoms with van der Waals surface area (Å²) >= 11 is 1.81. The van der Waals surface area contributed by atoms with Gasteiger partial charge in [0.25, 0.3) is 5.91 Å². The van der Waals surface area contributed by atoms with Gasteiger partial charge < -0.3 is 19.3 Å². The molecule has 0 aliphatic carbocycles. The number of fused-ring (bicyclic) bond motifs is 2. The van der Waals surface area contributed by atoms with Crippen LogP contribution in [0.2, 0.25) is 0 Å². The summed E-state index contributed by atoms with van der Waals surface area (Å²) in [6.07, 6.45) is 0.963. The van der Waals surface area contributed by atoms with Crippen molar-refractivity contribution in [2.45, 2.75) is 32.4 Å². The number of hydrogen-bond acceptors (Lipinski definition) is 6. The van der Waals surface area contributed by atoms with Crippen LogP contribution >= 0.6 is 11.3 Å². The van der Waals surface area contributed by atoms with Crippen molar-refractivity contribution in [3.05, 3.63) is 81.0 Å². The Morgan fingerprint density at radius 1 is 0.919 bits per heavy atom. The van der Waals surface area contributed by atoms with Crippen molar-refractivity contribution < 1.29 is 19.1 Å². The van der Waals surface area contributed by atoms with Crippen LogP contribution < -0.4 is 9.47 Å². The van der Waals surface area contributed by atoms with Gasteiger partial charge in [-0.1, -0.05) is 24.3 Å². The average molecular weight is 518 g/mol. The Hall–Kier alpha value is -3.36. The quantitative estimate of drug-likeness (QED) is 0.521. The first kappa shape index (κ1) is 24.0. The summed E-state index contributed by atoms with van der Waals surface area (Å²) in [5.41, 5.74) is 4.41. The number of amides is 2. The summed E-state index contributed by atoms with van der Waals surface area (Å²) < 4.78 is 10.8. The van der Waals surface area contributed by atoms with Gasteiger partial charge in [0.05, 0.1) is 12.1 Å². The number of ether oxygens (including phenoxy) is 2. The van der Waals surface area contributed by atoms with E-state index in [1.165, 1.54) is 21.6 Å². The van der Waals surface area contributed by atoms with E-state index in [-0.39, 0.29) is 30.7 Å². The highest BCUT2D eigenvalue weighted by molar-refractivity contribution is 7.10. The minimum Gasteiger partial charge on any atom is -0.454 e. The van der Waals surface area contributed by atoms with Crippen LogP contribution in [0.5, 0.6) is 11.5 Å². The van der Waals surface area contributed by atoms with Gasteiger partial charge in [0, 0.05) is 43.2 Å². The highest BCUT2D eigenvalue weighted by atomic mass is 32.1. The Bertz CT molecular complexity index is 1330. The SMILES string of the molecule is Cc1ccccc1[C@@H]1c2ccsc2CCN1[C@H](C)C(=O)N1CCN(C(=O)c2ccc3c(c2)OCO3)CC1. The Labute approximate surface area is 221 Å². The number of benzene rings is 2. The van der Waals surface area contributed by atoms with Crippen LogP contribution in [-0.4, -0.2) is 72.1 Å². The van der Waals surface area contributed by atoms with Crippen molar-refractivity contribution >= 4 is 23.2 Å². The van der Waals surface area contributed by atoms with Crippen LogP contribution in [0.25, 0.3) is 0 Å². The second-order valence-corrected chi connectivity index (χ2v) is 10.9. The molecule has 3 aliphatic heterocycles. The maximum absolute atomic E-state index is 13.7. The predicted octanol–water partition coefficient (Wildman–Crippen LogP) is 4.11. The molecule has 0 spiro atoms. The first-order valence-electron chi connectivity index (χ1n) is 12.9. The molecule has 6 rings (SSSR count). The average Bonchev–Trinajstić information content (AvgIpc) is 3.61. The molecule has 1 fully saturated rings. The fraction of sp³-hybridized carbons (Fsp3) is 0.379. The van der Waals surface area contributed by atoms with E-state index < -0.39 is 0 Å². The van der Waals surface area contributed by atoms with Gasteiger partial charge in [-0.05, 0) is 66.6 Å². The third-order valence-corrected chi connectivity index (χ3v) is 8.84. The van der Waals surface area contributed by atoms with Gasteiger partial charge in [-0.25, -0.2) is 0 Å². The molecule has 0 unspecified atom stereocenters. The number of piperazine rings is 1. The van der Waals surface area contributed by atoms with Gasteiger partial charge >= 0.3 is 0 Å². The molecule has 4 heterocycles. The molecule has 1 aromatic heterocycles. The van der Waals surface area contributed by atoms with Gasteiger partial charge in [-0.2, -0.15) is 0 Å².